The third-order valence-corrected chi connectivity index (χ3v) is 7.07. The zero-order chi connectivity index (χ0) is 22.3. The highest BCUT2D eigenvalue weighted by Crippen LogP contribution is 2.40. The number of rotatable bonds is 4. The summed E-state index contributed by atoms with van der Waals surface area (Å²) in [5, 5.41) is 8.17. The van der Waals surface area contributed by atoms with Gasteiger partial charge in [0, 0.05) is 47.9 Å². The zero-order valence-corrected chi connectivity index (χ0v) is 19.3. The Morgan fingerprint density at radius 2 is 2.09 bits per heavy atom. The van der Waals surface area contributed by atoms with Crippen LogP contribution in [0.4, 0.5) is 5.82 Å². The summed E-state index contributed by atoms with van der Waals surface area (Å²) in [6.45, 7) is 5.39. The van der Waals surface area contributed by atoms with E-state index in [1.54, 1.807) is 12.4 Å². The van der Waals surface area contributed by atoms with Crippen molar-refractivity contribution >= 4 is 23.3 Å². The van der Waals surface area contributed by atoms with Gasteiger partial charge >= 0.3 is 0 Å². The van der Waals surface area contributed by atoms with Crippen LogP contribution in [0.25, 0.3) is 11.1 Å². The molecule has 2 atom stereocenters. The number of anilines is 1. The van der Waals surface area contributed by atoms with Crippen molar-refractivity contribution in [3.63, 3.8) is 0 Å². The molecule has 166 valence electrons. The number of nitrogens with zero attached hydrogens (tertiary/aromatic N) is 4. The molecule has 0 spiro atoms. The summed E-state index contributed by atoms with van der Waals surface area (Å²) in [6, 6.07) is 5.95. The highest BCUT2D eigenvalue weighted by atomic mass is 35.5. The average Bonchev–Trinajstić information content (AvgIpc) is 3.30. The van der Waals surface area contributed by atoms with Crippen molar-refractivity contribution in [2.24, 2.45) is 11.3 Å². The van der Waals surface area contributed by atoms with Gasteiger partial charge in [-0.3, -0.25) is 14.5 Å². The van der Waals surface area contributed by atoms with Gasteiger partial charge in [-0.2, -0.15) is 5.10 Å². The van der Waals surface area contributed by atoms with Gasteiger partial charge in [0.2, 0.25) is 5.91 Å². The maximum Gasteiger partial charge on any atom is 0.228 e. The predicted octanol–water partition coefficient (Wildman–Crippen LogP) is 5.49. The largest absolute Gasteiger partial charge is 0.310 e. The third kappa shape index (κ3) is 4.16. The fraction of sp³-hybridized carbons (Fsp3) is 0.440. The Labute approximate surface area is 193 Å². The molecule has 5 rings (SSSR count). The minimum atomic E-state index is -0.0314. The molecule has 0 radical (unpaired) electrons. The van der Waals surface area contributed by atoms with Gasteiger partial charge in [-0.05, 0) is 54.7 Å². The summed E-state index contributed by atoms with van der Waals surface area (Å²) >= 11 is 6.51. The van der Waals surface area contributed by atoms with E-state index in [0.29, 0.717) is 16.8 Å². The lowest BCUT2D eigenvalue weighted by atomic mass is 9.78. The molecule has 3 aromatic heterocycles. The minimum Gasteiger partial charge on any atom is -0.310 e. The van der Waals surface area contributed by atoms with Gasteiger partial charge in [-0.15, -0.1) is 0 Å². The molecule has 6 nitrogen and oxygen atoms in total. The van der Waals surface area contributed by atoms with Crippen molar-refractivity contribution in [3.8, 4) is 11.1 Å². The van der Waals surface area contributed by atoms with Crippen LogP contribution in [0.5, 0.6) is 0 Å². The third-order valence-electron chi connectivity index (χ3n) is 6.77. The van der Waals surface area contributed by atoms with Crippen LogP contribution in [0.15, 0.2) is 43.0 Å². The monoisotopic (exact) mass is 449 g/mol. The lowest BCUT2D eigenvalue weighted by Crippen LogP contribution is -2.27. The van der Waals surface area contributed by atoms with Crippen molar-refractivity contribution in [2.45, 2.75) is 58.4 Å². The van der Waals surface area contributed by atoms with Crippen molar-refractivity contribution < 1.29 is 4.79 Å². The Bertz CT molecular complexity index is 1140. The highest BCUT2D eigenvalue weighted by Gasteiger charge is 2.32. The number of halogens is 1. The van der Waals surface area contributed by atoms with Gasteiger partial charge < -0.3 is 5.32 Å². The smallest absolute Gasteiger partial charge is 0.228 e. The fourth-order valence-corrected chi connectivity index (χ4v) is 5.37. The predicted molar refractivity (Wildman–Crippen MR) is 126 cm³/mol. The molecule has 3 aromatic rings. The Balaban J connectivity index is 1.33. The Morgan fingerprint density at radius 1 is 1.22 bits per heavy atom. The van der Waals surface area contributed by atoms with E-state index in [2.05, 4.69) is 45.0 Å². The first kappa shape index (κ1) is 21.1. The molecule has 1 aliphatic heterocycles. The van der Waals surface area contributed by atoms with Gasteiger partial charge in [0.25, 0.3) is 0 Å². The van der Waals surface area contributed by atoms with E-state index in [1.165, 1.54) is 11.3 Å². The minimum absolute atomic E-state index is 0.0285. The number of pyridine rings is 2. The molecule has 1 fully saturated rings. The molecule has 0 saturated heterocycles. The van der Waals surface area contributed by atoms with E-state index in [4.69, 9.17) is 11.6 Å². The molecule has 7 heteroatoms. The fourth-order valence-electron chi connectivity index (χ4n) is 5.16. The SMILES string of the molecule is CC1(C)Cc2c(-c3cc(NC(=O)C4CCCC(c5cccnc5)C4)ncc3Cl)cnn2C1. The van der Waals surface area contributed by atoms with Crippen LogP contribution < -0.4 is 5.32 Å². The second-order valence-electron chi connectivity index (χ2n) is 9.89. The van der Waals surface area contributed by atoms with Crippen molar-refractivity contribution in [2.75, 3.05) is 5.32 Å². The van der Waals surface area contributed by atoms with Crippen molar-refractivity contribution in [1.82, 2.24) is 19.7 Å². The number of aromatic nitrogens is 4. The molecule has 4 heterocycles. The van der Waals surface area contributed by atoms with Gasteiger partial charge in [0.15, 0.2) is 0 Å². The summed E-state index contributed by atoms with van der Waals surface area (Å²) in [5.74, 6) is 0.909. The Kier molecular flexibility index (Phi) is 5.49. The maximum atomic E-state index is 13.1. The molecule has 0 aromatic carbocycles. The molecule has 2 unspecified atom stereocenters. The average molecular weight is 450 g/mol. The number of nitrogens with one attached hydrogen (secondary N) is 1. The van der Waals surface area contributed by atoms with Gasteiger partial charge in [0.1, 0.15) is 5.82 Å². The van der Waals surface area contributed by atoms with Crippen molar-refractivity contribution in [1.29, 1.82) is 0 Å². The van der Waals surface area contributed by atoms with E-state index < -0.39 is 0 Å². The zero-order valence-electron chi connectivity index (χ0n) is 18.5. The maximum absolute atomic E-state index is 13.1. The van der Waals surface area contributed by atoms with Crippen LogP contribution in [-0.2, 0) is 17.8 Å². The standard InChI is InChI=1S/C25H28ClN5O/c1-25(2)11-22-20(13-29-31(22)15-25)19-10-23(28-14-21(19)26)30-24(32)17-6-3-5-16(9-17)18-7-4-8-27-12-18/h4,7-8,10,12-14,16-17H,3,5-6,9,11,15H2,1-2H3,(H,28,30,32). The molecular formula is C25H28ClN5O. The van der Waals surface area contributed by atoms with Crippen LogP contribution >= 0.6 is 11.6 Å². The first-order valence-electron chi connectivity index (χ1n) is 11.3. The van der Waals surface area contributed by atoms with Gasteiger partial charge in [-0.25, -0.2) is 4.98 Å². The summed E-state index contributed by atoms with van der Waals surface area (Å²) in [5.41, 5.74) is 4.48. The molecule has 0 bridgehead atoms. The molecule has 1 N–H and O–H groups in total. The normalized spacial score (nSPS) is 21.8. The number of hydrogen-bond donors (Lipinski definition) is 1. The number of carbonyl (C=O) groups is 1. The Morgan fingerprint density at radius 3 is 2.91 bits per heavy atom. The molecule has 1 amide bonds. The topological polar surface area (TPSA) is 72.7 Å². The van der Waals surface area contributed by atoms with E-state index in [0.717, 1.165) is 49.8 Å². The van der Waals surface area contributed by atoms with Crippen LogP contribution in [0, 0.1) is 11.3 Å². The van der Waals surface area contributed by atoms with Crippen LogP contribution in [0.1, 0.15) is 56.7 Å². The Hall–Kier alpha value is -2.73. The van der Waals surface area contributed by atoms with Crippen LogP contribution in [-0.4, -0.2) is 25.7 Å². The number of amides is 1. The molecule has 2 aliphatic rings. The first-order valence-corrected chi connectivity index (χ1v) is 11.7. The molecule has 1 aliphatic carbocycles. The summed E-state index contributed by atoms with van der Waals surface area (Å²) in [4.78, 5) is 21.7. The van der Waals surface area contributed by atoms with E-state index in [1.807, 2.05) is 24.5 Å². The van der Waals surface area contributed by atoms with E-state index in [-0.39, 0.29) is 17.2 Å². The van der Waals surface area contributed by atoms with E-state index in [9.17, 15) is 4.79 Å². The quantitative estimate of drug-likeness (QED) is 0.571. The second-order valence-corrected chi connectivity index (χ2v) is 10.3. The van der Waals surface area contributed by atoms with Gasteiger partial charge in [-0.1, -0.05) is 37.9 Å². The first-order chi connectivity index (χ1) is 15.4. The lowest BCUT2D eigenvalue weighted by molar-refractivity contribution is -0.120. The summed E-state index contributed by atoms with van der Waals surface area (Å²) in [7, 11) is 0. The van der Waals surface area contributed by atoms with E-state index >= 15 is 0 Å². The molecule has 1 saturated carbocycles. The van der Waals surface area contributed by atoms with Crippen LogP contribution in [0.2, 0.25) is 5.02 Å². The van der Waals surface area contributed by atoms with Crippen LogP contribution in [0.3, 0.4) is 0 Å². The molecule has 32 heavy (non-hydrogen) atoms. The van der Waals surface area contributed by atoms with Gasteiger partial charge in [0.05, 0.1) is 11.2 Å². The lowest BCUT2D eigenvalue weighted by Gasteiger charge is -2.28. The van der Waals surface area contributed by atoms with Crippen molar-refractivity contribution in [3.05, 3.63) is 59.3 Å². The number of carbonyl (C=O) groups excluding carboxylic acids is 1. The highest BCUT2D eigenvalue weighted by molar-refractivity contribution is 6.33. The molecular weight excluding hydrogens is 422 g/mol. The summed E-state index contributed by atoms with van der Waals surface area (Å²) < 4.78 is 2.06. The number of fused-ring (bicyclic) bond motifs is 1. The number of hydrogen-bond acceptors (Lipinski definition) is 4. The summed E-state index contributed by atoms with van der Waals surface area (Å²) in [6.07, 6.45) is 12.0. The second kappa shape index (κ2) is 8.32.